The highest BCUT2D eigenvalue weighted by atomic mass is 35.5. The molecule has 0 unspecified atom stereocenters. The van der Waals surface area contributed by atoms with Crippen LogP contribution >= 0.6 is 11.6 Å². The number of hydrogen-bond acceptors (Lipinski definition) is 1. The lowest BCUT2D eigenvalue weighted by Crippen LogP contribution is -2.04. The van der Waals surface area contributed by atoms with Crippen LogP contribution in [0.5, 0.6) is 0 Å². The maximum atomic E-state index is 5.87. The maximum Gasteiger partial charge on any atom is 0.0446 e. The van der Waals surface area contributed by atoms with Crippen molar-refractivity contribution in [3.63, 3.8) is 0 Å². The summed E-state index contributed by atoms with van der Waals surface area (Å²) in [7, 11) is 0. The summed E-state index contributed by atoms with van der Waals surface area (Å²) in [5.74, 6) is 0. The van der Waals surface area contributed by atoms with Gasteiger partial charge < -0.3 is 0 Å². The first-order valence-electron chi connectivity index (χ1n) is 5.57. The molecule has 0 heterocycles. The molecule has 1 aromatic rings. The average molecular weight is 236 g/mol. The Morgan fingerprint density at radius 1 is 1.38 bits per heavy atom. The highest BCUT2D eigenvalue weighted by Crippen LogP contribution is 2.13. The molecular weight excluding hydrogens is 218 g/mol. The first kappa shape index (κ1) is 13.0. The lowest BCUT2D eigenvalue weighted by molar-refractivity contribution is 0.828. The highest BCUT2D eigenvalue weighted by Gasteiger charge is 2.03. The van der Waals surface area contributed by atoms with Crippen molar-refractivity contribution < 1.29 is 0 Å². The molecule has 0 radical (unpaired) electrons. The van der Waals surface area contributed by atoms with Gasteiger partial charge in [0.05, 0.1) is 0 Å². The van der Waals surface area contributed by atoms with Gasteiger partial charge >= 0.3 is 0 Å². The zero-order chi connectivity index (χ0) is 12.0. The molecular formula is C14H18ClN. The minimum absolute atomic E-state index is 0.315. The SMILES string of the molecule is C=CCCC(=NC(C)C)c1ccc(Cl)cc1. The summed E-state index contributed by atoms with van der Waals surface area (Å²) < 4.78 is 0. The molecule has 1 aromatic carbocycles. The second-order valence-electron chi connectivity index (χ2n) is 4.00. The van der Waals surface area contributed by atoms with Crippen molar-refractivity contribution in [2.45, 2.75) is 32.7 Å². The number of rotatable bonds is 5. The predicted molar refractivity (Wildman–Crippen MR) is 72.6 cm³/mol. The third-order valence-corrected chi connectivity index (χ3v) is 2.43. The topological polar surface area (TPSA) is 12.4 Å². The molecule has 0 atom stereocenters. The van der Waals surface area contributed by atoms with Crippen LogP contribution in [0.3, 0.4) is 0 Å². The van der Waals surface area contributed by atoms with Crippen molar-refractivity contribution in [2.24, 2.45) is 4.99 Å². The minimum atomic E-state index is 0.315. The lowest BCUT2D eigenvalue weighted by atomic mass is 10.1. The number of aliphatic imine (C=N–C) groups is 1. The van der Waals surface area contributed by atoms with E-state index in [1.165, 1.54) is 0 Å². The van der Waals surface area contributed by atoms with Crippen LogP contribution in [0.4, 0.5) is 0 Å². The molecule has 86 valence electrons. The largest absolute Gasteiger partial charge is 0.286 e. The number of hydrogen-bond donors (Lipinski definition) is 0. The normalized spacial score (nSPS) is 11.9. The summed E-state index contributed by atoms with van der Waals surface area (Å²) in [6, 6.07) is 8.16. The van der Waals surface area contributed by atoms with Crippen LogP contribution in [0.15, 0.2) is 41.9 Å². The van der Waals surface area contributed by atoms with Gasteiger partial charge in [-0.3, -0.25) is 4.99 Å². The van der Waals surface area contributed by atoms with Crippen LogP contribution in [0.2, 0.25) is 5.02 Å². The molecule has 0 saturated heterocycles. The standard InChI is InChI=1S/C14H18ClN/c1-4-5-6-14(16-11(2)3)12-7-9-13(15)10-8-12/h4,7-11H,1,5-6H2,2-3H3. The van der Waals surface area contributed by atoms with E-state index in [4.69, 9.17) is 11.6 Å². The summed E-state index contributed by atoms with van der Waals surface area (Å²) in [5.41, 5.74) is 2.28. The molecule has 0 amide bonds. The van der Waals surface area contributed by atoms with E-state index in [-0.39, 0.29) is 0 Å². The van der Waals surface area contributed by atoms with Gasteiger partial charge in [0.15, 0.2) is 0 Å². The van der Waals surface area contributed by atoms with Crippen molar-refractivity contribution in [3.05, 3.63) is 47.5 Å². The molecule has 0 bridgehead atoms. The zero-order valence-corrected chi connectivity index (χ0v) is 10.7. The van der Waals surface area contributed by atoms with Crippen molar-refractivity contribution in [1.82, 2.24) is 0 Å². The monoisotopic (exact) mass is 235 g/mol. The average Bonchev–Trinajstić information content (AvgIpc) is 2.25. The van der Waals surface area contributed by atoms with Gasteiger partial charge in [-0.25, -0.2) is 0 Å². The molecule has 2 heteroatoms. The van der Waals surface area contributed by atoms with Gasteiger partial charge in [-0.05, 0) is 44.4 Å². The molecule has 0 aliphatic carbocycles. The fraction of sp³-hybridized carbons (Fsp3) is 0.357. The third-order valence-electron chi connectivity index (χ3n) is 2.18. The highest BCUT2D eigenvalue weighted by molar-refractivity contribution is 6.30. The van der Waals surface area contributed by atoms with E-state index in [9.17, 15) is 0 Å². The van der Waals surface area contributed by atoms with Crippen molar-refractivity contribution in [2.75, 3.05) is 0 Å². The fourth-order valence-corrected chi connectivity index (χ4v) is 1.60. The van der Waals surface area contributed by atoms with E-state index in [0.29, 0.717) is 6.04 Å². The van der Waals surface area contributed by atoms with Crippen LogP contribution in [0.1, 0.15) is 32.3 Å². The summed E-state index contributed by atoms with van der Waals surface area (Å²) in [5, 5.41) is 0.761. The van der Waals surface area contributed by atoms with Crippen molar-refractivity contribution >= 4 is 17.3 Å². The Balaban J connectivity index is 2.91. The van der Waals surface area contributed by atoms with E-state index in [1.54, 1.807) is 0 Å². The van der Waals surface area contributed by atoms with Crippen LogP contribution in [-0.4, -0.2) is 11.8 Å². The van der Waals surface area contributed by atoms with E-state index >= 15 is 0 Å². The van der Waals surface area contributed by atoms with E-state index in [1.807, 2.05) is 30.3 Å². The van der Waals surface area contributed by atoms with Crippen molar-refractivity contribution in [3.8, 4) is 0 Å². The summed E-state index contributed by atoms with van der Waals surface area (Å²) in [6.07, 6.45) is 3.81. The van der Waals surface area contributed by atoms with Crippen LogP contribution < -0.4 is 0 Å². The van der Waals surface area contributed by atoms with Gasteiger partial charge in [-0.1, -0.05) is 29.8 Å². The molecule has 16 heavy (non-hydrogen) atoms. The quantitative estimate of drug-likeness (QED) is 0.526. The summed E-state index contributed by atoms with van der Waals surface area (Å²) >= 11 is 5.87. The van der Waals surface area contributed by atoms with E-state index < -0.39 is 0 Å². The van der Waals surface area contributed by atoms with Crippen LogP contribution in [0, 0.1) is 0 Å². The molecule has 0 aliphatic heterocycles. The molecule has 0 aliphatic rings. The smallest absolute Gasteiger partial charge is 0.0446 e. The van der Waals surface area contributed by atoms with Gasteiger partial charge in [0.1, 0.15) is 0 Å². The third kappa shape index (κ3) is 4.19. The number of halogens is 1. The van der Waals surface area contributed by atoms with Gasteiger partial charge in [0.2, 0.25) is 0 Å². The molecule has 0 fully saturated rings. The van der Waals surface area contributed by atoms with E-state index in [2.05, 4.69) is 25.4 Å². The molecule has 0 aromatic heterocycles. The molecule has 1 rings (SSSR count). The Kier molecular flexibility index (Phi) is 5.27. The first-order chi connectivity index (χ1) is 7.63. The second kappa shape index (κ2) is 6.49. The zero-order valence-electron chi connectivity index (χ0n) is 9.91. The van der Waals surface area contributed by atoms with Crippen molar-refractivity contribution in [1.29, 1.82) is 0 Å². The predicted octanol–water partition coefficient (Wildman–Crippen LogP) is 4.50. The fourth-order valence-electron chi connectivity index (χ4n) is 1.48. The Morgan fingerprint density at radius 2 is 2.00 bits per heavy atom. The molecule has 0 N–H and O–H groups in total. The van der Waals surface area contributed by atoms with Gasteiger partial charge in [0.25, 0.3) is 0 Å². The van der Waals surface area contributed by atoms with Gasteiger partial charge in [-0.15, -0.1) is 6.58 Å². The number of benzene rings is 1. The van der Waals surface area contributed by atoms with E-state index in [0.717, 1.165) is 29.1 Å². The van der Waals surface area contributed by atoms with Gasteiger partial charge in [-0.2, -0.15) is 0 Å². The molecule has 0 saturated carbocycles. The second-order valence-corrected chi connectivity index (χ2v) is 4.44. The van der Waals surface area contributed by atoms with Gasteiger partial charge in [0, 0.05) is 16.8 Å². The Morgan fingerprint density at radius 3 is 2.50 bits per heavy atom. The maximum absolute atomic E-state index is 5.87. The number of allylic oxidation sites excluding steroid dienone is 1. The molecule has 0 spiro atoms. The molecule has 1 nitrogen and oxygen atoms in total. The number of nitrogens with zero attached hydrogens (tertiary/aromatic N) is 1. The summed E-state index contributed by atoms with van der Waals surface area (Å²) in [6.45, 7) is 7.92. The van der Waals surface area contributed by atoms with Crippen LogP contribution in [-0.2, 0) is 0 Å². The summed E-state index contributed by atoms with van der Waals surface area (Å²) in [4.78, 5) is 4.64. The Labute approximate surface area is 103 Å². The first-order valence-corrected chi connectivity index (χ1v) is 5.94. The van der Waals surface area contributed by atoms with Crippen LogP contribution in [0.25, 0.3) is 0 Å². The lowest BCUT2D eigenvalue weighted by Gasteiger charge is -2.08. The minimum Gasteiger partial charge on any atom is -0.286 e. The Hall–Kier alpha value is -1.08. The Bertz CT molecular complexity index is 363.